The van der Waals surface area contributed by atoms with Gasteiger partial charge < -0.3 is 10.0 Å². The van der Waals surface area contributed by atoms with Gasteiger partial charge in [-0.15, -0.1) is 0 Å². The van der Waals surface area contributed by atoms with E-state index in [9.17, 15) is 14.7 Å². The maximum atomic E-state index is 13.7. The summed E-state index contributed by atoms with van der Waals surface area (Å²) in [4.78, 5) is 26.7. The second-order valence-corrected chi connectivity index (χ2v) is 8.71. The molecule has 6 heteroatoms. The first-order chi connectivity index (χ1) is 14.4. The maximum absolute atomic E-state index is 13.7. The molecule has 1 N–H and O–H groups in total. The van der Waals surface area contributed by atoms with Crippen molar-refractivity contribution < 1.29 is 14.7 Å². The highest BCUT2D eigenvalue weighted by atomic mass is 35.5. The largest absolute Gasteiger partial charge is 0.478 e. The molecule has 1 fully saturated rings. The fourth-order valence-corrected chi connectivity index (χ4v) is 4.90. The Labute approximate surface area is 183 Å². The molecule has 0 radical (unpaired) electrons. The molecule has 4 nitrogen and oxygen atoms in total. The number of rotatable bonds is 4. The van der Waals surface area contributed by atoms with Crippen LogP contribution in [0.1, 0.15) is 39.4 Å². The molecule has 1 amide bonds. The van der Waals surface area contributed by atoms with E-state index in [1.807, 2.05) is 42.5 Å². The molecular formula is C24H17Cl2NO3. The number of amides is 1. The molecule has 3 aromatic rings. The highest BCUT2D eigenvalue weighted by molar-refractivity contribution is 6.31. The molecule has 0 saturated heterocycles. The smallest absolute Gasteiger partial charge is 0.335 e. The van der Waals surface area contributed by atoms with Crippen molar-refractivity contribution in [3.8, 4) is 0 Å². The fraction of sp³-hybridized carbons (Fsp3) is 0.167. The van der Waals surface area contributed by atoms with E-state index in [0.29, 0.717) is 23.0 Å². The van der Waals surface area contributed by atoms with Gasteiger partial charge in [0.05, 0.1) is 17.5 Å². The summed E-state index contributed by atoms with van der Waals surface area (Å²) in [5.74, 6) is -0.895. The van der Waals surface area contributed by atoms with E-state index in [2.05, 4.69) is 0 Å². The zero-order chi connectivity index (χ0) is 21.0. The molecule has 1 aliphatic heterocycles. The summed E-state index contributed by atoms with van der Waals surface area (Å²) >= 11 is 12.3. The van der Waals surface area contributed by atoms with Crippen molar-refractivity contribution in [1.29, 1.82) is 0 Å². The van der Waals surface area contributed by atoms with Crippen molar-refractivity contribution in [3.63, 3.8) is 0 Å². The third-order valence-electron chi connectivity index (χ3n) is 6.10. The Kier molecular flexibility index (Phi) is 4.38. The molecule has 0 aromatic heterocycles. The van der Waals surface area contributed by atoms with Crippen LogP contribution in [-0.2, 0) is 16.8 Å². The normalized spacial score (nSPS) is 21.7. The molecule has 1 unspecified atom stereocenters. The first-order valence-electron chi connectivity index (χ1n) is 9.60. The average Bonchev–Trinajstić information content (AvgIpc) is 3.45. The van der Waals surface area contributed by atoms with E-state index in [1.165, 1.54) is 0 Å². The van der Waals surface area contributed by atoms with E-state index in [-0.39, 0.29) is 17.4 Å². The van der Waals surface area contributed by atoms with Gasteiger partial charge in [-0.05, 0) is 65.6 Å². The van der Waals surface area contributed by atoms with E-state index in [1.54, 1.807) is 29.2 Å². The first kappa shape index (κ1) is 19.2. The van der Waals surface area contributed by atoms with Crippen molar-refractivity contribution in [2.45, 2.75) is 24.3 Å². The molecule has 0 bridgehead atoms. The Morgan fingerprint density at radius 1 is 1.03 bits per heavy atom. The topological polar surface area (TPSA) is 57.6 Å². The maximum Gasteiger partial charge on any atom is 0.335 e. The number of anilines is 1. The van der Waals surface area contributed by atoms with E-state index in [0.717, 1.165) is 22.4 Å². The highest BCUT2D eigenvalue weighted by Gasteiger charge is 2.67. The molecule has 30 heavy (non-hydrogen) atoms. The van der Waals surface area contributed by atoms with Gasteiger partial charge in [-0.25, -0.2) is 4.79 Å². The van der Waals surface area contributed by atoms with Gasteiger partial charge in [-0.2, -0.15) is 0 Å². The quantitative estimate of drug-likeness (QED) is 0.572. The lowest BCUT2D eigenvalue weighted by Gasteiger charge is -2.19. The predicted octanol–water partition coefficient (Wildman–Crippen LogP) is 5.66. The van der Waals surface area contributed by atoms with Crippen molar-refractivity contribution in [1.82, 2.24) is 0 Å². The number of hydrogen-bond donors (Lipinski definition) is 1. The molecule has 3 aromatic carbocycles. The number of halogens is 2. The molecule has 1 saturated carbocycles. The summed E-state index contributed by atoms with van der Waals surface area (Å²) in [6, 6.07) is 19.9. The van der Waals surface area contributed by atoms with Crippen molar-refractivity contribution in [2.24, 2.45) is 0 Å². The van der Waals surface area contributed by atoms with Crippen molar-refractivity contribution >= 4 is 40.8 Å². The van der Waals surface area contributed by atoms with Gasteiger partial charge in [0.2, 0.25) is 5.91 Å². The lowest BCUT2D eigenvalue weighted by Crippen LogP contribution is -2.32. The summed E-state index contributed by atoms with van der Waals surface area (Å²) in [7, 11) is 0. The predicted molar refractivity (Wildman–Crippen MR) is 117 cm³/mol. The van der Waals surface area contributed by atoms with Gasteiger partial charge >= 0.3 is 5.97 Å². The van der Waals surface area contributed by atoms with Crippen LogP contribution < -0.4 is 4.90 Å². The van der Waals surface area contributed by atoms with Gasteiger partial charge in [0.15, 0.2) is 0 Å². The molecule has 150 valence electrons. The number of nitrogens with zero attached hydrogens (tertiary/aromatic N) is 1. The third kappa shape index (κ3) is 2.91. The van der Waals surface area contributed by atoms with Crippen LogP contribution in [0, 0.1) is 0 Å². The van der Waals surface area contributed by atoms with Crippen LogP contribution >= 0.6 is 23.2 Å². The van der Waals surface area contributed by atoms with Crippen LogP contribution in [0.4, 0.5) is 5.69 Å². The Morgan fingerprint density at radius 2 is 1.77 bits per heavy atom. The second-order valence-electron chi connectivity index (χ2n) is 7.84. The third-order valence-corrected chi connectivity index (χ3v) is 6.59. The zero-order valence-corrected chi connectivity index (χ0v) is 17.3. The number of carboxylic acid groups (broad SMARTS) is 1. The number of aromatic carboxylic acids is 1. The lowest BCUT2D eigenvalue weighted by molar-refractivity contribution is -0.120. The summed E-state index contributed by atoms with van der Waals surface area (Å²) in [5, 5.41) is 10.5. The van der Waals surface area contributed by atoms with Crippen LogP contribution in [0.25, 0.3) is 0 Å². The summed E-state index contributed by atoms with van der Waals surface area (Å²) in [6.07, 6.45) is 0.715. The summed E-state index contributed by atoms with van der Waals surface area (Å²) in [5.41, 5.74) is 3.20. The molecular weight excluding hydrogens is 421 g/mol. The summed E-state index contributed by atoms with van der Waals surface area (Å²) < 4.78 is 0. The molecule has 1 spiro atoms. The molecule has 2 atom stereocenters. The number of carbonyl (C=O) groups is 2. The zero-order valence-electron chi connectivity index (χ0n) is 15.8. The minimum atomic E-state index is -0.988. The number of hydrogen-bond acceptors (Lipinski definition) is 2. The fourth-order valence-electron chi connectivity index (χ4n) is 4.60. The lowest BCUT2D eigenvalue weighted by atomic mass is 9.92. The van der Waals surface area contributed by atoms with Gasteiger partial charge in [0, 0.05) is 21.7 Å². The standard InChI is InChI=1S/C24H17Cl2NO3/c25-17-6-4-15(5-7-17)20-12-24(20)19-11-18(26)8-9-21(19)27(23(24)30)13-14-2-1-3-16(10-14)22(28)29/h1-11,20H,12-13H2,(H,28,29)/t20?,24-/m1/s1. The highest BCUT2D eigenvalue weighted by Crippen LogP contribution is 2.66. The van der Waals surface area contributed by atoms with Crippen LogP contribution in [-0.4, -0.2) is 17.0 Å². The number of carbonyl (C=O) groups excluding carboxylic acids is 1. The van der Waals surface area contributed by atoms with E-state index < -0.39 is 11.4 Å². The Bertz CT molecular complexity index is 1190. The minimum Gasteiger partial charge on any atom is -0.478 e. The number of benzene rings is 3. The second kappa shape index (κ2) is 6.86. The number of carboxylic acids is 1. The molecule has 1 heterocycles. The van der Waals surface area contributed by atoms with Crippen LogP contribution in [0.3, 0.4) is 0 Å². The SMILES string of the molecule is O=C(O)c1cccc(CN2C(=O)[C@]3(CC3c3ccc(Cl)cc3)c3cc(Cl)ccc32)c1. The Balaban J connectivity index is 1.54. The molecule has 2 aliphatic rings. The Morgan fingerprint density at radius 3 is 2.50 bits per heavy atom. The van der Waals surface area contributed by atoms with Gasteiger partial charge in [0.1, 0.15) is 0 Å². The molecule has 1 aliphatic carbocycles. The van der Waals surface area contributed by atoms with E-state index in [4.69, 9.17) is 23.2 Å². The summed E-state index contributed by atoms with van der Waals surface area (Å²) in [6.45, 7) is 0.309. The van der Waals surface area contributed by atoms with Crippen LogP contribution in [0.5, 0.6) is 0 Å². The molecule has 5 rings (SSSR count). The van der Waals surface area contributed by atoms with Crippen molar-refractivity contribution in [3.05, 3.63) is 99.0 Å². The Hall–Kier alpha value is -2.82. The van der Waals surface area contributed by atoms with Crippen LogP contribution in [0.2, 0.25) is 10.0 Å². The van der Waals surface area contributed by atoms with E-state index >= 15 is 0 Å². The minimum absolute atomic E-state index is 0.0282. The van der Waals surface area contributed by atoms with Crippen LogP contribution in [0.15, 0.2) is 66.7 Å². The monoisotopic (exact) mass is 437 g/mol. The number of fused-ring (bicyclic) bond motifs is 2. The van der Waals surface area contributed by atoms with Crippen molar-refractivity contribution in [2.75, 3.05) is 4.90 Å². The first-order valence-corrected chi connectivity index (χ1v) is 10.4. The van der Waals surface area contributed by atoms with Gasteiger partial charge in [0.25, 0.3) is 0 Å². The van der Waals surface area contributed by atoms with Gasteiger partial charge in [-0.3, -0.25) is 4.79 Å². The van der Waals surface area contributed by atoms with Gasteiger partial charge in [-0.1, -0.05) is 47.5 Å². The average molecular weight is 438 g/mol.